The van der Waals surface area contributed by atoms with Crippen LogP contribution in [-0.2, 0) is 16.4 Å². The Hall–Kier alpha value is -1.63. The van der Waals surface area contributed by atoms with Gasteiger partial charge in [-0.3, -0.25) is 4.98 Å². The predicted octanol–water partition coefficient (Wildman–Crippen LogP) is 1.03. The summed E-state index contributed by atoms with van der Waals surface area (Å²) in [6, 6.07) is 2.95. The highest BCUT2D eigenvalue weighted by Crippen LogP contribution is 2.18. The largest absolute Gasteiger partial charge is 0.465 e. The molecule has 94 valence electrons. The van der Waals surface area contributed by atoms with Gasteiger partial charge in [0, 0.05) is 6.20 Å². The van der Waals surface area contributed by atoms with E-state index >= 15 is 0 Å². The zero-order chi connectivity index (χ0) is 13.1. The van der Waals surface area contributed by atoms with Crippen molar-refractivity contribution >= 4 is 15.9 Å². The van der Waals surface area contributed by atoms with Gasteiger partial charge in [-0.05, 0) is 26.0 Å². The third-order valence-electron chi connectivity index (χ3n) is 2.18. The lowest BCUT2D eigenvalue weighted by molar-refractivity contribution is 0.193. The molecule has 0 unspecified atom stereocenters. The molecule has 7 heteroatoms. The summed E-state index contributed by atoms with van der Waals surface area (Å²) >= 11 is 0. The summed E-state index contributed by atoms with van der Waals surface area (Å²) in [4.78, 5) is 14.3. The van der Waals surface area contributed by atoms with Gasteiger partial charge >= 0.3 is 6.09 Å². The Labute approximate surface area is 99.6 Å². The molecule has 1 heterocycles. The van der Waals surface area contributed by atoms with Gasteiger partial charge < -0.3 is 10.4 Å². The lowest BCUT2D eigenvalue weighted by Crippen LogP contribution is -2.24. The lowest BCUT2D eigenvalue weighted by atomic mass is 10.3. The summed E-state index contributed by atoms with van der Waals surface area (Å²) < 4.78 is 24.0. The molecular weight excluding hydrogens is 244 g/mol. The average molecular weight is 258 g/mol. The van der Waals surface area contributed by atoms with E-state index < -0.39 is 21.2 Å². The second kappa shape index (κ2) is 5.13. The number of carboxylic acid groups (broad SMARTS) is 1. The maximum Gasteiger partial charge on any atom is 0.404 e. The molecule has 0 fully saturated rings. The predicted molar refractivity (Wildman–Crippen MR) is 61.4 cm³/mol. The molecule has 0 aliphatic rings. The van der Waals surface area contributed by atoms with Gasteiger partial charge in [-0.1, -0.05) is 0 Å². The second-order valence-electron chi connectivity index (χ2n) is 3.70. The van der Waals surface area contributed by atoms with Crippen LogP contribution in [0.1, 0.15) is 19.5 Å². The SMILES string of the molecule is CC(C)S(=O)(=O)c1cccnc1CNC(=O)O. The maximum absolute atomic E-state index is 12.0. The number of amides is 1. The van der Waals surface area contributed by atoms with E-state index in [9.17, 15) is 13.2 Å². The van der Waals surface area contributed by atoms with Crippen molar-refractivity contribution in [3.63, 3.8) is 0 Å². The first-order chi connectivity index (χ1) is 7.85. The number of carbonyl (C=O) groups is 1. The quantitative estimate of drug-likeness (QED) is 0.840. The van der Waals surface area contributed by atoms with Crippen molar-refractivity contribution in [3.8, 4) is 0 Å². The minimum atomic E-state index is -3.45. The molecule has 0 bridgehead atoms. The molecule has 0 spiro atoms. The molecule has 6 nitrogen and oxygen atoms in total. The van der Waals surface area contributed by atoms with Crippen molar-refractivity contribution in [2.24, 2.45) is 0 Å². The van der Waals surface area contributed by atoms with Gasteiger partial charge in [0.05, 0.1) is 22.4 Å². The smallest absolute Gasteiger partial charge is 0.404 e. The van der Waals surface area contributed by atoms with Gasteiger partial charge in [-0.25, -0.2) is 13.2 Å². The molecule has 0 aliphatic carbocycles. The number of sulfone groups is 1. The number of pyridine rings is 1. The van der Waals surface area contributed by atoms with Crippen LogP contribution in [0.2, 0.25) is 0 Å². The van der Waals surface area contributed by atoms with Crippen LogP contribution in [0.5, 0.6) is 0 Å². The van der Waals surface area contributed by atoms with E-state index in [2.05, 4.69) is 10.3 Å². The van der Waals surface area contributed by atoms with Crippen molar-refractivity contribution in [2.45, 2.75) is 30.5 Å². The van der Waals surface area contributed by atoms with Gasteiger partial charge in [-0.15, -0.1) is 0 Å². The molecule has 2 N–H and O–H groups in total. The molecule has 0 aromatic carbocycles. The van der Waals surface area contributed by atoms with E-state index in [4.69, 9.17) is 5.11 Å². The van der Waals surface area contributed by atoms with Crippen molar-refractivity contribution in [1.29, 1.82) is 0 Å². The van der Waals surface area contributed by atoms with Crippen LogP contribution in [0.15, 0.2) is 23.2 Å². The van der Waals surface area contributed by atoms with Gasteiger partial charge in [0.1, 0.15) is 0 Å². The highest BCUT2D eigenvalue weighted by molar-refractivity contribution is 7.92. The van der Waals surface area contributed by atoms with E-state index in [0.717, 1.165) is 0 Å². The summed E-state index contributed by atoms with van der Waals surface area (Å²) in [5.41, 5.74) is 0.212. The summed E-state index contributed by atoms with van der Waals surface area (Å²) in [7, 11) is -3.45. The standard InChI is InChI=1S/C10H14N2O4S/c1-7(2)17(15,16)9-4-3-5-11-8(9)6-12-10(13)14/h3-5,7,12H,6H2,1-2H3,(H,13,14). The van der Waals surface area contributed by atoms with Crippen LogP contribution in [0.3, 0.4) is 0 Å². The second-order valence-corrected chi connectivity index (χ2v) is 6.17. The lowest BCUT2D eigenvalue weighted by Gasteiger charge is -2.11. The fourth-order valence-electron chi connectivity index (χ4n) is 1.23. The summed E-state index contributed by atoms with van der Waals surface area (Å²) in [6.45, 7) is 3.00. The summed E-state index contributed by atoms with van der Waals surface area (Å²) in [5, 5.41) is 10.0. The van der Waals surface area contributed by atoms with E-state index in [1.165, 1.54) is 18.3 Å². The summed E-state index contributed by atoms with van der Waals surface area (Å²) in [5.74, 6) is 0. The summed E-state index contributed by atoms with van der Waals surface area (Å²) in [6.07, 6.45) is 0.210. The fraction of sp³-hybridized carbons (Fsp3) is 0.400. The number of aromatic nitrogens is 1. The molecule has 1 rings (SSSR count). The highest BCUT2D eigenvalue weighted by Gasteiger charge is 2.23. The number of hydrogen-bond donors (Lipinski definition) is 2. The van der Waals surface area contributed by atoms with Gasteiger partial charge in [0.15, 0.2) is 9.84 Å². The zero-order valence-electron chi connectivity index (χ0n) is 9.54. The van der Waals surface area contributed by atoms with Crippen LogP contribution < -0.4 is 5.32 Å². The minimum absolute atomic E-state index is 0.0729. The van der Waals surface area contributed by atoms with E-state index in [1.54, 1.807) is 13.8 Å². The van der Waals surface area contributed by atoms with Crippen molar-refractivity contribution in [3.05, 3.63) is 24.0 Å². The Morgan fingerprint density at radius 2 is 2.18 bits per heavy atom. The molecular formula is C10H14N2O4S. The molecule has 1 aromatic heterocycles. The molecule has 0 saturated carbocycles. The Balaban J connectivity index is 3.12. The number of nitrogens with one attached hydrogen (secondary N) is 1. The van der Waals surface area contributed by atoms with E-state index in [-0.39, 0.29) is 17.1 Å². The first-order valence-electron chi connectivity index (χ1n) is 5.00. The van der Waals surface area contributed by atoms with Crippen LogP contribution in [0.4, 0.5) is 4.79 Å². The number of nitrogens with zero attached hydrogens (tertiary/aromatic N) is 1. The van der Waals surface area contributed by atoms with Gasteiger partial charge in [0.25, 0.3) is 0 Å². The van der Waals surface area contributed by atoms with Gasteiger partial charge in [-0.2, -0.15) is 0 Å². The van der Waals surface area contributed by atoms with E-state index in [0.29, 0.717) is 0 Å². The fourth-order valence-corrected chi connectivity index (χ4v) is 2.46. The normalized spacial score (nSPS) is 11.5. The van der Waals surface area contributed by atoms with Crippen molar-refractivity contribution in [1.82, 2.24) is 10.3 Å². The zero-order valence-corrected chi connectivity index (χ0v) is 10.4. The Kier molecular flexibility index (Phi) is 4.06. The molecule has 1 amide bonds. The van der Waals surface area contributed by atoms with Crippen molar-refractivity contribution < 1.29 is 18.3 Å². The van der Waals surface area contributed by atoms with E-state index in [1.807, 2.05) is 0 Å². The third-order valence-corrected chi connectivity index (χ3v) is 4.41. The molecule has 0 saturated heterocycles. The van der Waals surface area contributed by atoms with Crippen LogP contribution in [0, 0.1) is 0 Å². The molecule has 0 radical (unpaired) electrons. The van der Waals surface area contributed by atoms with Crippen LogP contribution in [0.25, 0.3) is 0 Å². The highest BCUT2D eigenvalue weighted by atomic mass is 32.2. The average Bonchev–Trinajstić information content (AvgIpc) is 2.26. The van der Waals surface area contributed by atoms with Crippen LogP contribution in [-0.4, -0.2) is 29.9 Å². The Morgan fingerprint density at radius 1 is 1.53 bits per heavy atom. The molecule has 17 heavy (non-hydrogen) atoms. The third kappa shape index (κ3) is 3.16. The monoisotopic (exact) mass is 258 g/mol. The maximum atomic E-state index is 12.0. The number of rotatable bonds is 4. The molecule has 0 atom stereocenters. The first kappa shape index (κ1) is 13.4. The van der Waals surface area contributed by atoms with Crippen molar-refractivity contribution in [2.75, 3.05) is 0 Å². The van der Waals surface area contributed by atoms with Gasteiger partial charge in [0.2, 0.25) is 0 Å². The minimum Gasteiger partial charge on any atom is -0.465 e. The van der Waals surface area contributed by atoms with Crippen LogP contribution >= 0.6 is 0 Å². The Bertz CT molecular complexity index is 511. The topological polar surface area (TPSA) is 96.4 Å². The first-order valence-corrected chi connectivity index (χ1v) is 6.55. The molecule has 1 aromatic rings. The number of hydrogen-bond acceptors (Lipinski definition) is 4. The molecule has 0 aliphatic heterocycles. The Morgan fingerprint density at radius 3 is 2.71 bits per heavy atom.